The summed E-state index contributed by atoms with van der Waals surface area (Å²) in [6.45, 7) is 26.6. The van der Waals surface area contributed by atoms with Gasteiger partial charge in [0, 0.05) is 51.1 Å². The molecule has 4 atom stereocenters. The van der Waals surface area contributed by atoms with Gasteiger partial charge in [-0.25, -0.2) is 0 Å². The van der Waals surface area contributed by atoms with E-state index >= 15 is 0 Å². The Kier molecular flexibility index (Phi) is 9.15. The third kappa shape index (κ3) is 5.77. The van der Waals surface area contributed by atoms with Crippen molar-refractivity contribution in [3.8, 4) is 0 Å². The van der Waals surface area contributed by atoms with Gasteiger partial charge in [-0.1, -0.05) is 184 Å². The van der Waals surface area contributed by atoms with Gasteiger partial charge in [0.25, 0.3) is 6.71 Å². The molecule has 13 rings (SSSR count). The van der Waals surface area contributed by atoms with Gasteiger partial charge >= 0.3 is 0 Å². The first-order chi connectivity index (χ1) is 33.4. The molecule has 4 aliphatic heterocycles. The fourth-order valence-corrected chi connectivity index (χ4v) is 15.2. The van der Waals surface area contributed by atoms with Crippen LogP contribution in [0, 0.1) is 0 Å². The molecule has 1 saturated carbocycles. The van der Waals surface area contributed by atoms with E-state index in [9.17, 15) is 0 Å². The molecule has 7 aromatic carbocycles. The normalized spacial score (nSPS) is 23.8. The zero-order valence-corrected chi connectivity index (χ0v) is 43.6. The van der Waals surface area contributed by atoms with Crippen LogP contribution in [0.25, 0.3) is 0 Å². The number of hydrogen-bond donors (Lipinski definition) is 0. The first-order valence-electron chi connectivity index (χ1n) is 26.6. The number of para-hydroxylation sites is 1. The predicted molar refractivity (Wildman–Crippen MR) is 298 cm³/mol. The number of benzene rings is 7. The van der Waals surface area contributed by atoms with Crippen LogP contribution in [0.4, 0.5) is 39.8 Å². The summed E-state index contributed by atoms with van der Waals surface area (Å²) in [5.74, 6) is 0.343. The van der Waals surface area contributed by atoms with E-state index in [1.165, 1.54) is 114 Å². The number of aryl methyl sites for hydroxylation is 1. The van der Waals surface area contributed by atoms with Crippen molar-refractivity contribution >= 4 is 62.9 Å². The highest BCUT2D eigenvalue weighted by atomic mass is 15.3. The molecule has 0 amide bonds. The van der Waals surface area contributed by atoms with Crippen molar-refractivity contribution in [3.63, 3.8) is 0 Å². The van der Waals surface area contributed by atoms with Gasteiger partial charge in [-0.2, -0.15) is 0 Å². The van der Waals surface area contributed by atoms with E-state index < -0.39 is 0 Å². The van der Waals surface area contributed by atoms with Crippen LogP contribution in [-0.2, 0) is 33.6 Å². The number of fused-ring (bicyclic) bond motifs is 12. The van der Waals surface area contributed by atoms with Crippen LogP contribution in [0.2, 0.25) is 0 Å². The predicted octanol–water partition coefficient (Wildman–Crippen LogP) is 15.1. The van der Waals surface area contributed by atoms with Crippen molar-refractivity contribution in [2.24, 2.45) is 0 Å². The summed E-state index contributed by atoms with van der Waals surface area (Å²) in [6.07, 6.45) is 6.92. The van der Waals surface area contributed by atoms with E-state index in [-0.39, 0.29) is 39.5 Å². The highest BCUT2D eigenvalue weighted by Gasteiger charge is 2.64. The lowest BCUT2D eigenvalue weighted by molar-refractivity contribution is 0.215. The number of rotatable bonds is 3. The van der Waals surface area contributed by atoms with Gasteiger partial charge in [-0.15, -0.1) is 0 Å². The van der Waals surface area contributed by atoms with Gasteiger partial charge in [-0.05, 0) is 153 Å². The monoisotopic (exact) mass is 916 g/mol. The molecule has 0 spiro atoms. The highest BCUT2D eigenvalue weighted by Crippen LogP contribution is 2.66. The summed E-state index contributed by atoms with van der Waals surface area (Å²) < 4.78 is 0. The maximum atomic E-state index is 2.94. The molecular weight excluding hydrogens is 846 g/mol. The SMILES string of the molecule is CC(C)(C)c1cccc(N2c3cc(C(C)(C)C)ccc3B3c4cccc5c4N(c4cc(N6c7ccc(C(C)(C)C)cc7C7CCc8ccccc8C76C)cc2c43)C2(C)CCCCC52c2ccccc2)c1. The molecule has 352 valence electrons. The number of anilines is 7. The molecule has 1 fully saturated rings. The van der Waals surface area contributed by atoms with E-state index in [0.717, 1.165) is 25.7 Å². The largest absolute Gasteiger partial charge is 0.335 e. The fourth-order valence-electron chi connectivity index (χ4n) is 15.2. The molecule has 6 aliphatic rings. The van der Waals surface area contributed by atoms with Crippen molar-refractivity contribution in [1.29, 1.82) is 0 Å². The molecule has 4 heterocycles. The summed E-state index contributed by atoms with van der Waals surface area (Å²) in [5, 5.41) is 0. The van der Waals surface area contributed by atoms with Crippen LogP contribution in [0.15, 0.2) is 146 Å². The average molecular weight is 916 g/mol. The van der Waals surface area contributed by atoms with Crippen molar-refractivity contribution in [2.75, 3.05) is 14.7 Å². The lowest BCUT2D eigenvalue weighted by Gasteiger charge is -2.54. The minimum Gasteiger partial charge on any atom is -0.335 e. The maximum Gasteiger partial charge on any atom is 0.252 e. The Morgan fingerprint density at radius 2 is 1.17 bits per heavy atom. The van der Waals surface area contributed by atoms with E-state index in [1.807, 2.05) is 0 Å². The lowest BCUT2D eigenvalue weighted by atomic mass is 9.33. The van der Waals surface area contributed by atoms with Gasteiger partial charge in [0.15, 0.2) is 0 Å². The molecule has 0 saturated heterocycles. The minimum absolute atomic E-state index is 0.0178. The summed E-state index contributed by atoms with van der Waals surface area (Å²) >= 11 is 0. The van der Waals surface area contributed by atoms with E-state index in [1.54, 1.807) is 0 Å². The van der Waals surface area contributed by atoms with Crippen LogP contribution in [0.3, 0.4) is 0 Å². The van der Waals surface area contributed by atoms with Crippen LogP contribution in [0.5, 0.6) is 0 Å². The molecule has 0 aromatic heterocycles. The molecule has 4 heteroatoms. The Bertz CT molecular complexity index is 3310. The Labute approximate surface area is 419 Å². The van der Waals surface area contributed by atoms with Gasteiger partial charge in [0.1, 0.15) is 0 Å². The Morgan fingerprint density at radius 1 is 0.514 bits per heavy atom. The summed E-state index contributed by atoms with van der Waals surface area (Å²) in [5.41, 5.74) is 24.4. The van der Waals surface area contributed by atoms with Crippen LogP contribution in [0.1, 0.15) is 159 Å². The smallest absolute Gasteiger partial charge is 0.252 e. The zero-order chi connectivity index (χ0) is 48.5. The molecular formula is C66H70BN3. The molecule has 0 bridgehead atoms. The van der Waals surface area contributed by atoms with Crippen molar-refractivity contribution in [3.05, 3.63) is 190 Å². The topological polar surface area (TPSA) is 9.72 Å². The Balaban J connectivity index is 1.17. The minimum atomic E-state index is -0.303. The lowest BCUT2D eigenvalue weighted by Crippen LogP contribution is -2.65. The van der Waals surface area contributed by atoms with E-state index in [0.29, 0.717) is 5.92 Å². The van der Waals surface area contributed by atoms with Crippen LogP contribution in [-0.4, -0.2) is 12.3 Å². The fraction of sp³-hybridized carbons (Fsp3) is 0.364. The first kappa shape index (κ1) is 44.0. The Hall–Kier alpha value is -6.00. The second-order valence-corrected chi connectivity index (χ2v) is 25.6. The van der Waals surface area contributed by atoms with Crippen molar-refractivity contribution < 1.29 is 0 Å². The zero-order valence-electron chi connectivity index (χ0n) is 43.6. The number of nitrogens with zero attached hydrogens (tertiary/aromatic N) is 3. The molecule has 2 aliphatic carbocycles. The standard InChI is InChI=1S/C66H70BN3/c1-61(2,3)44-24-19-25-47(37-44)68-56-39-46(63(7,8)9)30-33-53(56)67-54-28-20-27-52-60(54)70(64(10)35-17-18-36-66(52,64)43-22-13-12-14-23-43)58-41-48(40-57(68)59(58)67)69-55-34-31-45(62(4,5)6)38-49(55)51-32-29-42-21-15-16-26-50(42)65(51,69)11/h12-16,19-28,30-31,33-34,37-41,51H,17-18,29,32,35-36H2,1-11H3. The van der Waals surface area contributed by atoms with Gasteiger partial charge in [-0.3, -0.25) is 0 Å². The molecule has 4 unspecified atom stereocenters. The van der Waals surface area contributed by atoms with E-state index in [2.05, 4.69) is 236 Å². The van der Waals surface area contributed by atoms with Gasteiger partial charge in [0.05, 0.1) is 11.1 Å². The molecule has 70 heavy (non-hydrogen) atoms. The highest BCUT2D eigenvalue weighted by molar-refractivity contribution is 7.00. The van der Waals surface area contributed by atoms with Crippen molar-refractivity contribution in [2.45, 2.75) is 153 Å². The first-order valence-corrected chi connectivity index (χ1v) is 26.6. The van der Waals surface area contributed by atoms with Crippen LogP contribution < -0.4 is 31.1 Å². The second kappa shape index (κ2) is 14.6. The van der Waals surface area contributed by atoms with Gasteiger partial charge in [0.2, 0.25) is 0 Å². The third-order valence-electron chi connectivity index (χ3n) is 18.7. The summed E-state index contributed by atoms with van der Waals surface area (Å²) in [6, 6.07) is 58.4. The van der Waals surface area contributed by atoms with Gasteiger partial charge < -0.3 is 14.7 Å². The van der Waals surface area contributed by atoms with Crippen molar-refractivity contribution in [1.82, 2.24) is 0 Å². The van der Waals surface area contributed by atoms with E-state index in [4.69, 9.17) is 0 Å². The molecule has 7 aromatic rings. The molecule has 0 N–H and O–H groups in total. The summed E-state index contributed by atoms with van der Waals surface area (Å²) in [7, 11) is 0. The number of hydrogen-bond acceptors (Lipinski definition) is 3. The Morgan fingerprint density at radius 3 is 1.94 bits per heavy atom. The molecule has 3 nitrogen and oxygen atoms in total. The second-order valence-electron chi connectivity index (χ2n) is 25.6. The summed E-state index contributed by atoms with van der Waals surface area (Å²) in [4.78, 5) is 8.47. The van der Waals surface area contributed by atoms with Crippen LogP contribution >= 0.6 is 0 Å². The third-order valence-corrected chi connectivity index (χ3v) is 18.7. The quantitative estimate of drug-likeness (QED) is 0.164. The maximum absolute atomic E-state index is 2.94. The molecule has 0 radical (unpaired) electrons. The average Bonchev–Trinajstić information content (AvgIpc) is 3.75.